The first-order valence-electron chi connectivity index (χ1n) is 6.04. The van der Waals surface area contributed by atoms with E-state index in [2.05, 4.69) is 56.4 Å². The third kappa shape index (κ3) is 3.50. The van der Waals surface area contributed by atoms with Gasteiger partial charge < -0.3 is 5.32 Å². The van der Waals surface area contributed by atoms with E-state index in [1.807, 2.05) is 6.07 Å². The molecular weight excluding hydrogens is 262 g/mol. The molecule has 18 heavy (non-hydrogen) atoms. The summed E-state index contributed by atoms with van der Waals surface area (Å²) in [5.74, 6) is 0. The second-order valence-electron chi connectivity index (χ2n) is 5.39. The van der Waals surface area contributed by atoms with Gasteiger partial charge in [-0.25, -0.2) is 0 Å². The number of thiophene rings is 1. The quantitative estimate of drug-likeness (QED) is 0.803. The molecule has 2 aromatic rings. The average molecular weight is 280 g/mol. The third-order valence-electron chi connectivity index (χ3n) is 2.85. The fourth-order valence-electron chi connectivity index (χ4n) is 1.72. The zero-order valence-electron chi connectivity index (χ0n) is 11.0. The maximum absolute atomic E-state index is 5.90. The van der Waals surface area contributed by atoms with E-state index in [1.165, 1.54) is 10.4 Å². The molecule has 0 aliphatic rings. The van der Waals surface area contributed by atoms with Crippen LogP contribution in [0.3, 0.4) is 0 Å². The van der Waals surface area contributed by atoms with Crippen molar-refractivity contribution < 1.29 is 0 Å². The van der Waals surface area contributed by atoms with Crippen molar-refractivity contribution in [3.63, 3.8) is 0 Å². The van der Waals surface area contributed by atoms with Crippen molar-refractivity contribution in [2.24, 2.45) is 0 Å². The Morgan fingerprint density at radius 2 is 1.72 bits per heavy atom. The number of anilines is 1. The standard InChI is InChI=1S/C15H18ClNS/c1-15(2,3)11-4-6-12(7-5-11)17-10-13-8-9-14(16)18-13/h4-9,17H,10H2,1-3H3. The molecule has 0 aliphatic heterocycles. The Balaban J connectivity index is 1.98. The number of benzene rings is 1. The summed E-state index contributed by atoms with van der Waals surface area (Å²) in [6.07, 6.45) is 0. The first-order valence-corrected chi connectivity index (χ1v) is 7.23. The van der Waals surface area contributed by atoms with Crippen LogP contribution in [0, 0.1) is 0 Å². The van der Waals surface area contributed by atoms with E-state index in [0.717, 1.165) is 16.6 Å². The van der Waals surface area contributed by atoms with Crippen LogP contribution in [0.2, 0.25) is 4.34 Å². The summed E-state index contributed by atoms with van der Waals surface area (Å²) in [4.78, 5) is 1.25. The van der Waals surface area contributed by atoms with Gasteiger partial charge in [0.1, 0.15) is 0 Å². The first kappa shape index (κ1) is 13.4. The highest BCUT2D eigenvalue weighted by Gasteiger charge is 2.12. The van der Waals surface area contributed by atoms with Crippen molar-refractivity contribution >= 4 is 28.6 Å². The highest BCUT2D eigenvalue weighted by Crippen LogP contribution is 2.25. The highest BCUT2D eigenvalue weighted by atomic mass is 35.5. The van der Waals surface area contributed by atoms with Gasteiger partial charge in [-0.1, -0.05) is 44.5 Å². The Morgan fingerprint density at radius 1 is 1.06 bits per heavy atom. The molecular formula is C15H18ClNS. The molecule has 0 fully saturated rings. The predicted octanol–water partition coefficient (Wildman–Crippen LogP) is 5.31. The molecule has 96 valence electrons. The maximum Gasteiger partial charge on any atom is 0.0931 e. The van der Waals surface area contributed by atoms with E-state index >= 15 is 0 Å². The van der Waals surface area contributed by atoms with Crippen molar-refractivity contribution in [1.82, 2.24) is 0 Å². The molecule has 2 rings (SSSR count). The molecule has 1 nitrogen and oxygen atoms in total. The van der Waals surface area contributed by atoms with Gasteiger partial charge in [-0.2, -0.15) is 0 Å². The minimum absolute atomic E-state index is 0.208. The molecule has 1 aromatic heterocycles. The van der Waals surface area contributed by atoms with Crippen LogP contribution in [0.4, 0.5) is 5.69 Å². The Morgan fingerprint density at radius 3 is 2.22 bits per heavy atom. The molecule has 1 N–H and O–H groups in total. The molecule has 0 atom stereocenters. The summed E-state index contributed by atoms with van der Waals surface area (Å²) in [6.45, 7) is 7.50. The molecule has 1 aromatic carbocycles. The van der Waals surface area contributed by atoms with Gasteiger partial charge in [-0.15, -0.1) is 11.3 Å². The normalized spacial score (nSPS) is 11.6. The van der Waals surface area contributed by atoms with Crippen LogP contribution in [-0.4, -0.2) is 0 Å². The Bertz CT molecular complexity index is 508. The monoisotopic (exact) mass is 279 g/mol. The summed E-state index contributed by atoms with van der Waals surface area (Å²) >= 11 is 7.52. The van der Waals surface area contributed by atoms with E-state index in [4.69, 9.17) is 11.6 Å². The number of halogens is 1. The number of nitrogens with one attached hydrogen (secondary N) is 1. The van der Waals surface area contributed by atoms with Gasteiger partial charge in [-0.3, -0.25) is 0 Å². The van der Waals surface area contributed by atoms with Gasteiger partial charge in [0.05, 0.1) is 4.34 Å². The lowest BCUT2D eigenvalue weighted by atomic mass is 9.87. The Labute approximate surface area is 118 Å². The second-order valence-corrected chi connectivity index (χ2v) is 7.19. The van der Waals surface area contributed by atoms with E-state index in [1.54, 1.807) is 11.3 Å². The number of rotatable bonds is 3. The lowest BCUT2D eigenvalue weighted by Gasteiger charge is -2.19. The molecule has 0 spiro atoms. The van der Waals surface area contributed by atoms with E-state index in [9.17, 15) is 0 Å². The van der Waals surface area contributed by atoms with Crippen LogP contribution in [0.5, 0.6) is 0 Å². The summed E-state index contributed by atoms with van der Waals surface area (Å²) < 4.78 is 0.842. The predicted molar refractivity (Wildman–Crippen MR) is 81.8 cm³/mol. The van der Waals surface area contributed by atoms with Gasteiger partial charge >= 0.3 is 0 Å². The average Bonchev–Trinajstić information content (AvgIpc) is 2.72. The van der Waals surface area contributed by atoms with Gasteiger partial charge in [-0.05, 0) is 35.2 Å². The van der Waals surface area contributed by atoms with E-state index < -0.39 is 0 Å². The van der Waals surface area contributed by atoms with Crippen molar-refractivity contribution in [1.29, 1.82) is 0 Å². The van der Waals surface area contributed by atoms with Crippen LogP contribution in [0.15, 0.2) is 36.4 Å². The minimum Gasteiger partial charge on any atom is -0.380 e. The first-order chi connectivity index (χ1) is 8.45. The molecule has 0 saturated heterocycles. The SMILES string of the molecule is CC(C)(C)c1ccc(NCc2ccc(Cl)s2)cc1. The van der Waals surface area contributed by atoms with Crippen LogP contribution < -0.4 is 5.32 Å². The van der Waals surface area contributed by atoms with Gasteiger partial charge in [0, 0.05) is 17.1 Å². The van der Waals surface area contributed by atoms with Crippen LogP contribution in [0.1, 0.15) is 31.2 Å². The zero-order valence-corrected chi connectivity index (χ0v) is 12.5. The smallest absolute Gasteiger partial charge is 0.0931 e. The summed E-state index contributed by atoms with van der Waals surface area (Å²) in [6, 6.07) is 12.6. The van der Waals surface area contributed by atoms with Crippen molar-refractivity contribution in [2.45, 2.75) is 32.7 Å². The maximum atomic E-state index is 5.90. The Hall–Kier alpha value is -0.990. The zero-order chi connectivity index (χ0) is 13.2. The van der Waals surface area contributed by atoms with E-state index in [0.29, 0.717) is 0 Å². The fraction of sp³-hybridized carbons (Fsp3) is 0.333. The van der Waals surface area contributed by atoms with Crippen molar-refractivity contribution in [3.05, 3.63) is 51.2 Å². The topological polar surface area (TPSA) is 12.0 Å². The lowest BCUT2D eigenvalue weighted by Crippen LogP contribution is -2.10. The van der Waals surface area contributed by atoms with Crippen molar-refractivity contribution in [3.8, 4) is 0 Å². The summed E-state index contributed by atoms with van der Waals surface area (Å²) in [5, 5.41) is 3.40. The number of hydrogen-bond acceptors (Lipinski definition) is 2. The second kappa shape index (κ2) is 5.33. The molecule has 0 aliphatic carbocycles. The molecule has 1 heterocycles. The Kier molecular flexibility index (Phi) is 3.98. The fourth-order valence-corrected chi connectivity index (χ4v) is 2.75. The largest absolute Gasteiger partial charge is 0.380 e. The minimum atomic E-state index is 0.208. The molecule has 3 heteroatoms. The molecule has 0 bridgehead atoms. The van der Waals surface area contributed by atoms with E-state index in [-0.39, 0.29) is 5.41 Å². The summed E-state index contributed by atoms with van der Waals surface area (Å²) in [5.41, 5.74) is 2.71. The van der Waals surface area contributed by atoms with Crippen LogP contribution >= 0.6 is 22.9 Å². The summed E-state index contributed by atoms with van der Waals surface area (Å²) in [7, 11) is 0. The third-order valence-corrected chi connectivity index (χ3v) is 4.08. The highest BCUT2D eigenvalue weighted by molar-refractivity contribution is 7.16. The van der Waals surface area contributed by atoms with Gasteiger partial charge in [0.25, 0.3) is 0 Å². The number of hydrogen-bond donors (Lipinski definition) is 1. The van der Waals surface area contributed by atoms with Crippen molar-refractivity contribution in [2.75, 3.05) is 5.32 Å². The van der Waals surface area contributed by atoms with Crippen LogP contribution in [-0.2, 0) is 12.0 Å². The molecule has 0 saturated carbocycles. The van der Waals surface area contributed by atoms with Crippen LogP contribution in [0.25, 0.3) is 0 Å². The van der Waals surface area contributed by atoms with Gasteiger partial charge in [0.2, 0.25) is 0 Å². The molecule has 0 radical (unpaired) electrons. The van der Waals surface area contributed by atoms with Gasteiger partial charge in [0.15, 0.2) is 0 Å². The molecule has 0 unspecified atom stereocenters. The molecule has 0 amide bonds. The lowest BCUT2D eigenvalue weighted by molar-refractivity contribution is 0.590.